The van der Waals surface area contributed by atoms with Gasteiger partial charge in [-0.2, -0.15) is 0 Å². The second-order valence-corrected chi connectivity index (χ2v) is 6.50. The van der Waals surface area contributed by atoms with Crippen molar-refractivity contribution in [1.82, 2.24) is 10.2 Å². The van der Waals surface area contributed by atoms with E-state index in [4.69, 9.17) is 14.2 Å². The molecule has 0 saturated carbocycles. The fourth-order valence-electron chi connectivity index (χ4n) is 3.68. The summed E-state index contributed by atoms with van der Waals surface area (Å²) >= 11 is 0. The minimum atomic E-state index is -0.772. The summed E-state index contributed by atoms with van der Waals surface area (Å²) in [5.74, 6) is 0. The van der Waals surface area contributed by atoms with Crippen molar-refractivity contribution < 1.29 is 24.1 Å². The third-order valence-corrected chi connectivity index (χ3v) is 4.93. The molecule has 8 nitrogen and oxygen atoms in total. The average molecular weight is 349 g/mol. The number of rotatable bonds is 3. The van der Waals surface area contributed by atoms with Gasteiger partial charge in [-0.05, 0) is 12.1 Å². The quantitative estimate of drug-likeness (QED) is 0.711. The first kappa shape index (κ1) is 16.7. The van der Waals surface area contributed by atoms with Crippen LogP contribution in [0.15, 0.2) is 30.3 Å². The van der Waals surface area contributed by atoms with E-state index in [9.17, 15) is 9.90 Å². The summed E-state index contributed by atoms with van der Waals surface area (Å²) in [5.41, 5.74) is 0.691. The van der Waals surface area contributed by atoms with Crippen LogP contribution in [0, 0.1) is 0 Å². The van der Waals surface area contributed by atoms with Crippen LogP contribution in [-0.4, -0.2) is 79.5 Å². The van der Waals surface area contributed by atoms with Gasteiger partial charge in [0.1, 0.15) is 6.10 Å². The van der Waals surface area contributed by atoms with Crippen molar-refractivity contribution in [2.45, 2.75) is 30.6 Å². The Morgan fingerprint density at radius 3 is 2.72 bits per heavy atom. The van der Waals surface area contributed by atoms with Gasteiger partial charge in [-0.3, -0.25) is 4.90 Å². The summed E-state index contributed by atoms with van der Waals surface area (Å²) in [5, 5.41) is 16.5. The summed E-state index contributed by atoms with van der Waals surface area (Å²) in [4.78, 5) is 14.4. The summed E-state index contributed by atoms with van der Waals surface area (Å²) < 4.78 is 17.0. The maximum absolute atomic E-state index is 12.3. The number of nitrogens with one attached hydrogen (secondary N) is 2. The number of urea groups is 1. The molecule has 8 heteroatoms. The zero-order valence-corrected chi connectivity index (χ0v) is 13.8. The summed E-state index contributed by atoms with van der Waals surface area (Å²) in [6, 6.07) is 7.96. The molecule has 25 heavy (non-hydrogen) atoms. The molecule has 0 aliphatic carbocycles. The Labute approximate surface area is 146 Å². The van der Waals surface area contributed by atoms with Gasteiger partial charge in [0.2, 0.25) is 0 Å². The Kier molecular flexibility index (Phi) is 4.87. The number of morpholine rings is 1. The molecule has 3 fully saturated rings. The molecule has 5 unspecified atom stereocenters. The first-order valence-corrected chi connectivity index (χ1v) is 8.62. The third-order valence-electron chi connectivity index (χ3n) is 4.93. The number of fused-ring (bicyclic) bond motifs is 2. The van der Waals surface area contributed by atoms with Gasteiger partial charge < -0.3 is 30.0 Å². The lowest BCUT2D eigenvalue weighted by atomic mass is 9.94. The largest absolute Gasteiger partial charge is 0.389 e. The summed E-state index contributed by atoms with van der Waals surface area (Å²) in [7, 11) is 0. The van der Waals surface area contributed by atoms with Crippen molar-refractivity contribution in [2.75, 3.05) is 38.2 Å². The smallest absolute Gasteiger partial charge is 0.319 e. The molecule has 0 radical (unpaired) electrons. The number of para-hydroxylation sites is 1. The molecule has 3 heterocycles. The van der Waals surface area contributed by atoms with Gasteiger partial charge >= 0.3 is 6.03 Å². The van der Waals surface area contributed by atoms with Crippen molar-refractivity contribution >= 4 is 11.7 Å². The molecule has 5 atom stereocenters. The van der Waals surface area contributed by atoms with E-state index in [1.807, 2.05) is 18.2 Å². The molecule has 3 N–H and O–H groups in total. The SMILES string of the molecule is O=C(Nc1ccccc1)NC1C2COC(O2)C(N2CCOCC2)C1O. The second-order valence-electron chi connectivity index (χ2n) is 6.50. The van der Waals surface area contributed by atoms with Crippen molar-refractivity contribution in [2.24, 2.45) is 0 Å². The molecule has 4 rings (SSSR count). The summed E-state index contributed by atoms with van der Waals surface area (Å²) in [6.45, 7) is 3.01. The van der Waals surface area contributed by atoms with Crippen LogP contribution < -0.4 is 10.6 Å². The Hall–Kier alpha value is -1.71. The number of benzene rings is 1. The van der Waals surface area contributed by atoms with E-state index >= 15 is 0 Å². The second kappa shape index (κ2) is 7.27. The Morgan fingerprint density at radius 1 is 1.20 bits per heavy atom. The van der Waals surface area contributed by atoms with E-state index in [1.54, 1.807) is 12.1 Å². The van der Waals surface area contributed by atoms with Crippen LogP contribution in [0.1, 0.15) is 0 Å². The lowest BCUT2D eigenvalue weighted by Crippen LogP contribution is -2.66. The van der Waals surface area contributed by atoms with Gasteiger partial charge in [-0.15, -0.1) is 0 Å². The van der Waals surface area contributed by atoms with E-state index in [-0.39, 0.29) is 18.2 Å². The minimum Gasteiger partial charge on any atom is -0.389 e. The molecule has 3 aliphatic rings. The van der Waals surface area contributed by atoms with Crippen molar-refractivity contribution in [3.63, 3.8) is 0 Å². The number of hydrogen-bond acceptors (Lipinski definition) is 6. The highest BCUT2D eigenvalue weighted by Crippen LogP contribution is 2.31. The number of anilines is 1. The normalized spacial score (nSPS) is 35.3. The van der Waals surface area contributed by atoms with Gasteiger partial charge in [0.15, 0.2) is 6.29 Å². The van der Waals surface area contributed by atoms with E-state index in [1.165, 1.54) is 0 Å². The number of nitrogens with zero attached hydrogens (tertiary/aromatic N) is 1. The van der Waals surface area contributed by atoms with Crippen LogP contribution in [0.2, 0.25) is 0 Å². The number of ether oxygens (including phenoxy) is 3. The standard InChI is InChI=1S/C17H23N3O5/c21-15-13(19-17(22)18-11-4-2-1-3-5-11)12-10-24-16(25-12)14(15)20-6-8-23-9-7-20/h1-5,12-16,21H,6-10H2,(H2,18,19,22). The van der Waals surface area contributed by atoms with Crippen LogP contribution in [-0.2, 0) is 14.2 Å². The number of amides is 2. The monoisotopic (exact) mass is 349 g/mol. The number of aliphatic hydroxyl groups is 1. The maximum atomic E-state index is 12.3. The van der Waals surface area contributed by atoms with Crippen LogP contribution in [0.4, 0.5) is 10.5 Å². The van der Waals surface area contributed by atoms with E-state index in [2.05, 4.69) is 15.5 Å². The van der Waals surface area contributed by atoms with Crippen LogP contribution in [0.3, 0.4) is 0 Å². The van der Waals surface area contributed by atoms with E-state index < -0.39 is 18.4 Å². The Bertz CT molecular complexity index is 595. The van der Waals surface area contributed by atoms with Gasteiger partial charge in [0, 0.05) is 18.8 Å². The predicted octanol–water partition coefficient (Wildman–Crippen LogP) is -0.00650. The highest BCUT2D eigenvalue weighted by Gasteiger charge is 2.52. The Balaban J connectivity index is 1.44. The number of hydrogen-bond donors (Lipinski definition) is 3. The van der Waals surface area contributed by atoms with E-state index in [0.29, 0.717) is 38.6 Å². The summed E-state index contributed by atoms with van der Waals surface area (Å²) in [6.07, 6.45) is -1.59. The maximum Gasteiger partial charge on any atom is 0.319 e. The first-order chi connectivity index (χ1) is 12.2. The lowest BCUT2D eigenvalue weighted by Gasteiger charge is -2.44. The molecule has 1 aromatic rings. The minimum absolute atomic E-state index is 0.315. The topological polar surface area (TPSA) is 92.3 Å². The van der Waals surface area contributed by atoms with Crippen molar-refractivity contribution in [3.8, 4) is 0 Å². The molecule has 136 valence electrons. The molecule has 3 saturated heterocycles. The molecule has 3 aliphatic heterocycles. The predicted molar refractivity (Wildman–Crippen MR) is 89.2 cm³/mol. The third kappa shape index (κ3) is 3.49. The average Bonchev–Trinajstić information content (AvgIpc) is 3.06. The van der Waals surface area contributed by atoms with Gasteiger partial charge in [-0.25, -0.2) is 4.79 Å². The van der Waals surface area contributed by atoms with Crippen LogP contribution in [0.25, 0.3) is 0 Å². The fraction of sp³-hybridized carbons (Fsp3) is 0.588. The zero-order valence-electron chi connectivity index (χ0n) is 13.8. The molecular formula is C17H23N3O5. The highest BCUT2D eigenvalue weighted by atomic mass is 16.7. The lowest BCUT2D eigenvalue weighted by molar-refractivity contribution is -0.189. The molecule has 0 aromatic heterocycles. The van der Waals surface area contributed by atoms with Gasteiger partial charge in [-0.1, -0.05) is 18.2 Å². The molecule has 0 spiro atoms. The first-order valence-electron chi connectivity index (χ1n) is 8.62. The fourth-order valence-corrected chi connectivity index (χ4v) is 3.68. The van der Waals surface area contributed by atoms with Crippen LogP contribution in [0.5, 0.6) is 0 Å². The highest BCUT2D eigenvalue weighted by molar-refractivity contribution is 5.89. The zero-order chi connectivity index (χ0) is 17.2. The number of aliphatic hydroxyl groups excluding tert-OH is 1. The van der Waals surface area contributed by atoms with E-state index in [0.717, 1.165) is 0 Å². The number of carbonyl (C=O) groups excluding carboxylic acids is 1. The van der Waals surface area contributed by atoms with Crippen molar-refractivity contribution in [3.05, 3.63) is 30.3 Å². The van der Waals surface area contributed by atoms with Gasteiger partial charge in [0.05, 0.1) is 38.0 Å². The molecule has 2 bridgehead atoms. The van der Waals surface area contributed by atoms with Gasteiger partial charge in [0.25, 0.3) is 0 Å². The van der Waals surface area contributed by atoms with Crippen LogP contribution >= 0.6 is 0 Å². The molecule has 2 amide bonds. The molecular weight excluding hydrogens is 326 g/mol. The van der Waals surface area contributed by atoms with Crippen molar-refractivity contribution in [1.29, 1.82) is 0 Å². The molecule has 1 aromatic carbocycles. The number of carbonyl (C=O) groups is 1. The Morgan fingerprint density at radius 2 is 1.96 bits per heavy atom.